The molecule has 1 heterocycles. The zero-order valence-electron chi connectivity index (χ0n) is 17.2. The van der Waals surface area contributed by atoms with E-state index < -0.39 is 0 Å². The number of aryl methyl sites for hydroxylation is 3. The van der Waals surface area contributed by atoms with Crippen LogP contribution in [0.2, 0.25) is 0 Å². The Morgan fingerprint density at radius 1 is 1.12 bits per heavy atom. The van der Waals surface area contributed by atoms with Crippen molar-refractivity contribution in [2.45, 2.75) is 53.6 Å². The molecule has 140 valence electrons. The van der Waals surface area contributed by atoms with Crippen molar-refractivity contribution >= 4 is 5.91 Å². The van der Waals surface area contributed by atoms with E-state index in [1.165, 1.54) is 33.4 Å². The van der Waals surface area contributed by atoms with Gasteiger partial charge in [-0.1, -0.05) is 47.9 Å². The van der Waals surface area contributed by atoms with Crippen LogP contribution in [0.1, 0.15) is 48.9 Å². The molecule has 1 fully saturated rings. The quantitative estimate of drug-likeness (QED) is 0.882. The number of rotatable bonds is 3. The number of carbonyl (C=O) groups is 1. The maximum Gasteiger partial charge on any atom is 0.237 e. The third kappa shape index (κ3) is 3.25. The molecule has 1 saturated heterocycles. The molecule has 1 N–H and O–H groups in total. The van der Waals surface area contributed by atoms with Crippen LogP contribution in [0, 0.1) is 32.6 Å². The normalized spacial score (nSPS) is 27.4. The summed E-state index contributed by atoms with van der Waals surface area (Å²) in [4.78, 5) is 14.2. The van der Waals surface area contributed by atoms with Gasteiger partial charge in [-0.2, -0.15) is 0 Å². The summed E-state index contributed by atoms with van der Waals surface area (Å²) in [6.45, 7) is 13.8. The Hall–Kier alpha value is -1.87. The maximum absolute atomic E-state index is 12.3. The molecule has 1 aliphatic heterocycles. The predicted octanol–water partition coefficient (Wildman–Crippen LogP) is 4.24. The van der Waals surface area contributed by atoms with Gasteiger partial charge >= 0.3 is 0 Å². The van der Waals surface area contributed by atoms with Crippen molar-refractivity contribution < 1.29 is 4.79 Å². The first-order chi connectivity index (χ1) is 12.2. The van der Waals surface area contributed by atoms with E-state index >= 15 is 0 Å². The number of benzene rings is 1. The molecule has 1 aromatic carbocycles. The van der Waals surface area contributed by atoms with E-state index in [0.29, 0.717) is 18.4 Å². The Morgan fingerprint density at radius 2 is 1.73 bits per heavy atom. The van der Waals surface area contributed by atoms with Crippen molar-refractivity contribution in [2.75, 3.05) is 13.6 Å². The summed E-state index contributed by atoms with van der Waals surface area (Å²) in [5.74, 6) is 1.24. The molecule has 3 nitrogen and oxygen atoms in total. The average molecular weight is 353 g/mol. The van der Waals surface area contributed by atoms with Gasteiger partial charge in [-0.3, -0.25) is 10.1 Å². The Balaban J connectivity index is 2.16. The highest BCUT2D eigenvalue weighted by Gasteiger charge is 2.42. The summed E-state index contributed by atoms with van der Waals surface area (Å²) in [6, 6.07) is 4.56. The molecule has 3 heteroatoms. The third-order valence-corrected chi connectivity index (χ3v) is 6.14. The van der Waals surface area contributed by atoms with E-state index in [0.717, 1.165) is 0 Å². The summed E-state index contributed by atoms with van der Waals surface area (Å²) >= 11 is 0. The van der Waals surface area contributed by atoms with Gasteiger partial charge < -0.3 is 4.90 Å². The van der Waals surface area contributed by atoms with Gasteiger partial charge in [-0.15, -0.1) is 0 Å². The molecule has 2 aliphatic rings. The van der Waals surface area contributed by atoms with Crippen molar-refractivity contribution in [3.8, 4) is 0 Å². The first-order valence-electron chi connectivity index (χ1n) is 9.64. The van der Waals surface area contributed by atoms with Crippen LogP contribution in [-0.4, -0.2) is 30.6 Å². The van der Waals surface area contributed by atoms with Crippen LogP contribution in [0.25, 0.3) is 0 Å². The fraction of sp³-hybridized carbons (Fsp3) is 0.522. The van der Waals surface area contributed by atoms with Crippen molar-refractivity contribution in [1.82, 2.24) is 10.2 Å². The zero-order chi connectivity index (χ0) is 19.2. The minimum Gasteiger partial charge on any atom is -0.328 e. The van der Waals surface area contributed by atoms with E-state index in [1.807, 2.05) is 11.9 Å². The minimum atomic E-state index is 0.0326. The number of likely N-dealkylation sites (N-methyl/N-ethyl adjacent to an activating group) is 1. The lowest BCUT2D eigenvalue weighted by atomic mass is 9.68. The van der Waals surface area contributed by atoms with E-state index in [-0.39, 0.29) is 18.0 Å². The molecular formula is C23H32N2O. The molecule has 4 atom stereocenters. The standard InChI is InChI=1S/C23H32N2O/c1-13-8-15(3)20(16(4)9-13)22(23-24-12-19(26)25(23)7)21-17(5)10-14(2)11-18(21)6/h8-11,15,20,22-24H,12H2,1-7H3. The van der Waals surface area contributed by atoms with Crippen LogP contribution in [0.3, 0.4) is 0 Å². The van der Waals surface area contributed by atoms with Crippen molar-refractivity contribution in [3.63, 3.8) is 0 Å². The molecule has 0 radical (unpaired) electrons. The molecule has 3 rings (SSSR count). The monoisotopic (exact) mass is 352 g/mol. The fourth-order valence-electron chi connectivity index (χ4n) is 5.27. The van der Waals surface area contributed by atoms with Gasteiger partial charge in [0.15, 0.2) is 0 Å². The number of nitrogens with zero attached hydrogens (tertiary/aromatic N) is 1. The smallest absolute Gasteiger partial charge is 0.237 e. The van der Waals surface area contributed by atoms with Crippen molar-refractivity contribution in [3.05, 3.63) is 57.7 Å². The van der Waals surface area contributed by atoms with Gasteiger partial charge in [-0.05, 0) is 63.1 Å². The van der Waals surface area contributed by atoms with E-state index in [1.54, 1.807) is 0 Å². The molecule has 1 aliphatic carbocycles. The van der Waals surface area contributed by atoms with E-state index in [4.69, 9.17) is 0 Å². The number of hydrogen-bond acceptors (Lipinski definition) is 2. The molecule has 4 unspecified atom stereocenters. The van der Waals surface area contributed by atoms with Crippen LogP contribution in [-0.2, 0) is 4.79 Å². The first-order valence-corrected chi connectivity index (χ1v) is 9.64. The number of amides is 1. The number of hydrogen-bond donors (Lipinski definition) is 1. The maximum atomic E-state index is 12.3. The number of nitrogens with one attached hydrogen (secondary N) is 1. The van der Waals surface area contributed by atoms with Crippen LogP contribution in [0.15, 0.2) is 35.4 Å². The highest BCUT2D eigenvalue weighted by Crippen LogP contribution is 2.44. The van der Waals surface area contributed by atoms with Gasteiger partial charge in [0.05, 0.1) is 12.7 Å². The predicted molar refractivity (Wildman–Crippen MR) is 108 cm³/mol. The average Bonchev–Trinajstić information content (AvgIpc) is 2.83. The highest BCUT2D eigenvalue weighted by molar-refractivity contribution is 5.80. The lowest BCUT2D eigenvalue weighted by Crippen LogP contribution is -2.45. The van der Waals surface area contributed by atoms with Crippen LogP contribution < -0.4 is 5.32 Å². The molecule has 1 aromatic rings. The largest absolute Gasteiger partial charge is 0.328 e. The Labute approximate surface area is 158 Å². The molecule has 0 saturated carbocycles. The number of carbonyl (C=O) groups excluding carboxylic acids is 1. The summed E-state index contributed by atoms with van der Waals surface area (Å²) in [5.41, 5.74) is 8.10. The Kier molecular flexibility index (Phi) is 5.12. The Bertz CT molecular complexity index is 766. The topological polar surface area (TPSA) is 32.3 Å². The third-order valence-electron chi connectivity index (χ3n) is 6.14. The Morgan fingerprint density at radius 3 is 2.23 bits per heavy atom. The molecule has 0 spiro atoms. The van der Waals surface area contributed by atoms with E-state index in [2.05, 4.69) is 71.1 Å². The van der Waals surface area contributed by atoms with Crippen molar-refractivity contribution in [1.29, 1.82) is 0 Å². The fourth-order valence-corrected chi connectivity index (χ4v) is 5.27. The van der Waals surface area contributed by atoms with Crippen LogP contribution in [0.5, 0.6) is 0 Å². The molecular weight excluding hydrogens is 320 g/mol. The van der Waals surface area contributed by atoms with Gasteiger partial charge in [0.2, 0.25) is 5.91 Å². The second kappa shape index (κ2) is 7.03. The van der Waals surface area contributed by atoms with Gasteiger partial charge in [0, 0.05) is 13.0 Å². The zero-order valence-corrected chi connectivity index (χ0v) is 17.2. The highest BCUT2D eigenvalue weighted by atomic mass is 16.2. The summed E-state index contributed by atoms with van der Waals surface area (Å²) in [6.07, 6.45) is 4.72. The second-order valence-electron chi connectivity index (χ2n) is 8.35. The SMILES string of the molecule is CC1=CC(C)C(C(c2c(C)cc(C)cc2C)C2NCC(=O)N2C)C(C)=C1. The summed E-state index contributed by atoms with van der Waals surface area (Å²) in [7, 11) is 1.94. The van der Waals surface area contributed by atoms with Crippen molar-refractivity contribution in [2.24, 2.45) is 11.8 Å². The molecule has 26 heavy (non-hydrogen) atoms. The van der Waals surface area contributed by atoms with Crippen LogP contribution >= 0.6 is 0 Å². The molecule has 1 amide bonds. The number of allylic oxidation sites excluding steroid dienone is 4. The minimum absolute atomic E-state index is 0.0326. The lowest BCUT2D eigenvalue weighted by Gasteiger charge is -2.41. The van der Waals surface area contributed by atoms with E-state index in [9.17, 15) is 4.79 Å². The second-order valence-corrected chi connectivity index (χ2v) is 8.35. The molecule has 0 bridgehead atoms. The molecule has 0 aromatic heterocycles. The van der Waals surface area contributed by atoms with Gasteiger partial charge in [0.25, 0.3) is 0 Å². The van der Waals surface area contributed by atoms with Crippen LogP contribution in [0.4, 0.5) is 0 Å². The summed E-state index contributed by atoms with van der Waals surface area (Å²) < 4.78 is 0. The van der Waals surface area contributed by atoms with Gasteiger partial charge in [0.1, 0.15) is 0 Å². The first kappa shape index (κ1) is 18.9. The van der Waals surface area contributed by atoms with Gasteiger partial charge in [-0.25, -0.2) is 0 Å². The summed E-state index contributed by atoms with van der Waals surface area (Å²) in [5, 5.41) is 3.50. The lowest BCUT2D eigenvalue weighted by molar-refractivity contribution is -0.127.